The fourth-order valence-corrected chi connectivity index (χ4v) is 0. The first-order valence-corrected chi connectivity index (χ1v) is 2.68. The molecule has 0 bridgehead atoms. The van der Waals surface area contributed by atoms with Gasteiger partial charge in [-0.25, -0.2) is 0 Å². The normalized spacial score (nSPS) is 7.50. The zero-order valence-corrected chi connectivity index (χ0v) is 3.79. The van der Waals surface area contributed by atoms with Crippen LogP contribution in [0.25, 0.3) is 0 Å². The van der Waals surface area contributed by atoms with Crippen molar-refractivity contribution in [2.75, 3.05) is 0 Å². The Labute approximate surface area is 93.3 Å². The van der Waals surface area contributed by atoms with Crippen LogP contribution in [0, 0.1) is 0 Å². The molecule has 0 amide bonds. The Morgan fingerprint density at radius 2 is 0.875 bits per heavy atom. The topological polar surface area (TPSA) is 112 Å². The number of hydrogen-bond donors (Lipinski definition) is 4. The van der Waals surface area contributed by atoms with Crippen LogP contribution in [0.3, 0.4) is 0 Å². The SMILES string of the molecule is O.O[Si](O)(O)O.[CaH2].[MgH2]. The van der Waals surface area contributed by atoms with Crippen LogP contribution in [0.5, 0.6) is 0 Å². The molecule has 0 saturated carbocycles. The van der Waals surface area contributed by atoms with Gasteiger partial charge in [-0.2, -0.15) is 0 Å². The van der Waals surface area contributed by atoms with E-state index in [1.165, 1.54) is 0 Å². The van der Waals surface area contributed by atoms with Gasteiger partial charge in [-0.05, 0) is 0 Å². The molecule has 0 aromatic rings. The number of rotatable bonds is 0. The Morgan fingerprint density at radius 1 is 0.875 bits per heavy atom. The third kappa shape index (κ3) is 95.6. The molecule has 0 fully saturated rings. The van der Waals surface area contributed by atoms with E-state index in [1.807, 2.05) is 0 Å². The second-order valence-corrected chi connectivity index (χ2v) is 1.80. The second kappa shape index (κ2) is 9.04. The first kappa shape index (κ1) is 22.5. The Morgan fingerprint density at radius 3 is 0.875 bits per heavy atom. The average Bonchev–Trinajstić information content (AvgIpc) is 0.722. The van der Waals surface area contributed by atoms with Crippen LogP contribution < -0.4 is 0 Å². The van der Waals surface area contributed by atoms with Gasteiger partial charge in [0.15, 0.2) is 0 Å². The molecule has 0 unspecified atom stereocenters. The third-order valence-electron chi connectivity index (χ3n) is 0. The van der Waals surface area contributed by atoms with Crippen molar-refractivity contribution in [3.63, 3.8) is 0 Å². The fourth-order valence-electron chi connectivity index (χ4n) is 0. The Bertz CT molecular complexity index is 27.9. The molecule has 0 aliphatic carbocycles. The predicted octanol–water partition coefficient (Wildman–Crippen LogP) is -5.27. The summed E-state index contributed by atoms with van der Waals surface area (Å²) in [7, 11) is -4.61. The molecule has 0 aliphatic rings. The summed E-state index contributed by atoms with van der Waals surface area (Å²) in [6.07, 6.45) is 0. The van der Waals surface area contributed by atoms with Gasteiger partial charge in [0.1, 0.15) is 0 Å². The van der Waals surface area contributed by atoms with Crippen molar-refractivity contribution in [3.8, 4) is 0 Å². The first-order chi connectivity index (χ1) is 2.00. The minimum absolute atomic E-state index is 0. The van der Waals surface area contributed by atoms with Gasteiger partial charge in [0.25, 0.3) is 0 Å². The maximum absolute atomic E-state index is 7.33. The molecule has 5 nitrogen and oxygen atoms in total. The van der Waals surface area contributed by atoms with Crippen molar-refractivity contribution in [2.24, 2.45) is 0 Å². The second-order valence-electron chi connectivity index (χ2n) is 0.600. The summed E-state index contributed by atoms with van der Waals surface area (Å²) in [5.41, 5.74) is 0. The van der Waals surface area contributed by atoms with Gasteiger partial charge in [0.2, 0.25) is 0 Å². The van der Waals surface area contributed by atoms with Gasteiger partial charge in [-0.1, -0.05) is 0 Å². The van der Waals surface area contributed by atoms with Crippen molar-refractivity contribution >= 4 is 69.8 Å². The Hall–Kier alpha value is 2.04. The molecule has 0 aromatic carbocycles. The van der Waals surface area contributed by atoms with Gasteiger partial charge in [0.05, 0.1) is 0 Å². The van der Waals surface area contributed by atoms with E-state index < -0.39 is 9.05 Å². The van der Waals surface area contributed by atoms with Crippen molar-refractivity contribution in [2.45, 2.75) is 0 Å². The van der Waals surface area contributed by atoms with E-state index in [2.05, 4.69) is 0 Å². The van der Waals surface area contributed by atoms with E-state index in [4.69, 9.17) is 19.2 Å². The van der Waals surface area contributed by atoms with Crippen LogP contribution >= 0.6 is 0 Å². The molecule has 0 aromatic heterocycles. The van der Waals surface area contributed by atoms with E-state index >= 15 is 0 Å². The average molecular weight is 183 g/mol. The van der Waals surface area contributed by atoms with Crippen LogP contribution in [0.2, 0.25) is 0 Å². The standard InChI is InChI=1S/Ca.Mg.H4O4Si.H2O.4H/c;;1-5(2,3)4;;;;;/h;;1-4H;1H2;;;;. The summed E-state index contributed by atoms with van der Waals surface area (Å²) in [6, 6.07) is 0. The molecule has 0 spiro atoms. The van der Waals surface area contributed by atoms with Crippen molar-refractivity contribution < 1.29 is 24.7 Å². The summed E-state index contributed by atoms with van der Waals surface area (Å²) in [5, 5.41) is 0. The monoisotopic (exact) mass is 182 g/mol. The molecular formula is H10CaMgO5Si. The Kier molecular flexibility index (Phi) is 25.4. The molecule has 0 saturated heterocycles. The largest absolute Gasteiger partial charge is 0.316 e. The van der Waals surface area contributed by atoms with Crippen LogP contribution in [0.15, 0.2) is 0 Å². The van der Waals surface area contributed by atoms with Crippen LogP contribution in [0.1, 0.15) is 0 Å². The maximum atomic E-state index is 7.33. The first-order valence-electron chi connectivity index (χ1n) is 0.894. The number of hydrogen-bond acceptors (Lipinski definition) is 4. The Balaban J connectivity index is -0.0000000267. The van der Waals surface area contributed by atoms with E-state index in [0.717, 1.165) is 0 Å². The van der Waals surface area contributed by atoms with E-state index in [-0.39, 0.29) is 66.3 Å². The third-order valence-corrected chi connectivity index (χ3v) is 0. The summed E-state index contributed by atoms with van der Waals surface area (Å²) in [6.45, 7) is 0. The minimum Gasteiger partial charge on any atom is 0.316 e. The van der Waals surface area contributed by atoms with Crippen LogP contribution in [-0.2, 0) is 0 Å². The van der Waals surface area contributed by atoms with Crippen molar-refractivity contribution in [3.05, 3.63) is 0 Å². The summed E-state index contributed by atoms with van der Waals surface area (Å²) >= 11 is 0. The van der Waals surface area contributed by atoms with Gasteiger partial charge < -0.3 is 24.7 Å². The molecule has 0 rings (SSSR count). The molecule has 0 radical (unpaired) electrons. The van der Waals surface area contributed by atoms with Crippen molar-refractivity contribution in [1.29, 1.82) is 0 Å². The quantitative estimate of drug-likeness (QED) is 0.280. The predicted molar refractivity (Wildman–Crippen MR) is 35.3 cm³/mol. The molecule has 6 N–H and O–H groups in total. The van der Waals surface area contributed by atoms with E-state index in [0.29, 0.717) is 0 Å². The molecule has 8 heavy (non-hydrogen) atoms. The van der Waals surface area contributed by atoms with Gasteiger partial charge in [0, 0.05) is 0 Å². The van der Waals surface area contributed by atoms with E-state index in [1.54, 1.807) is 0 Å². The fraction of sp³-hybridized carbons (Fsp3) is 0. The molecule has 0 aliphatic heterocycles. The van der Waals surface area contributed by atoms with Gasteiger partial charge >= 0.3 is 69.8 Å². The molecular weight excluding hydrogens is 172 g/mol. The van der Waals surface area contributed by atoms with E-state index in [9.17, 15) is 0 Å². The van der Waals surface area contributed by atoms with Crippen LogP contribution in [-0.4, -0.2) is 94.5 Å². The summed E-state index contributed by atoms with van der Waals surface area (Å²) < 4.78 is 0. The smallest absolute Gasteiger partial charge is 0.316 e. The molecule has 0 atom stereocenters. The summed E-state index contributed by atoms with van der Waals surface area (Å²) in [5.74, 6) is 0. The molecule has 8 heteroatoms. The molecule has 48 valence electrons. The zero-order chi connectivity index (χ0) is 4.50. The maximum Gasteiger partial charge on any atom is 0.316 e. The molecule has 0 heterocycles. The van der Waals surface area contributed by atoms with Crippen LogP contribution in [0.4, 0.5) is 0 Å². The summed E-state index contributed by atoms with van der Waals surface area (Å²) in [4.78, 5) is 29.3. The zero-order valence-electron chi connectivity index (χ0n) is 2.79. The van der Waals surface area contributed by atoms with Gasteiger partial charge in [-0.15, -0.1) is 0 Å². The van der Waals surface area contributed by atoms with Gasteiger partial charge in [-0.3, -0.25) is 0 Å². The van der Waals surface area contributed by atoms with Crippen molar-refractivity contribution in [1.82, 2.24) is 0 Å². The minimum atomic E-state index is -4.61.